The summed E-state index contributed by atoms with van der Waals surface area (Å²) in [6.45, 7) is 8.47. The lowest BCUT2D eigenvalue weighted by Gasteiger charge is -2.32. The summed E-state index contributed by atoms with van der Waals surface area (Å²) in [4.78, 5) is 21.6. The van der Waals surface area contributed by atoms with Crippen LogP contribution in [0.15, 0.2) is 60.8 Å². The molecule has 2 heterocycles. The molecule has 3 aromatic rings. The maximum atomic E-state index is 12.3. The molecule has 1 aliphatic heterocycles. The third-order valence-corrected chi connectivity index (χ3v) is 6.57. The van der Waals surface area contributed by atoms with Crippen LogP contribution in [-0.2, 0) is 17.8 Å². The third kappa shape index (κ3) is 7.52. The number of nitrogens with zero attached hydrogens (tertiary/aromatic N) is 3. The second-order valence-corrected chi connectivity index (χ2v) is 9.52. The van der Waals surface area contributed by atoms with Crippen LogP contribution in [0.2, 0.25) is 5.02 Å². The van der Waals surface area contributed by atoms with Gasteiger partial charge in [0.2, 0.25) is 5.91 Å². The zero-order valence-corrected chi connectivity index (χ0v) is 21.2. The van der Waals surface area contributed by atoms with E-state index >= 15 is 0 Å². The van der Waals surface area contributed by atoms with Crippen molar-refractivity contribution in [1.29, 1.82) is 0 Å². The summed E-state index contributed by atoms with van der Waals surface area (Å²) < 4.78 is 5.93. The maximum absolute atomic E-state index is 12.3. The number of nitrogens with one attached hydrogen (secondary N) is 1. The molecule has 1 N–H and O–H groups in total. The van der Waals surface area contributed by atoms with Crippen LogP contribution >= 0.6 is 11.6 Å². The Balaban J connectivity index is 1.26. The molecule has 7 heteroatoms. The summed E-state index contributed by atoms with van der Waals surface area (Å²) >= 11 is 6.55. The molecular formula is C28H33ClN4O2. The highest BCUT2D eigenvalue weighted by atomic mass is 35.5. The van der Waals surface area contributed by atoms with Crippen molar-refractivity contribution in [2.24, 2.45) is 0 Å². The largest absolute Gasteiger partial charge is 0.492 e. The zero-order valence-electron chi connectivity index (χ0n) is 20.5. The van der Waals surface area contributed by atoms with Crippen molar-refractivity contribution in [1.82, 2.24) is 20.1 Å². The van der Waals surface area contributed by atoms with Crippen molar-refractivity contribution >= 4 is 17.5 Å². The number of rotatable bonds is 9. The highest BCUT2D eigenvalue weighted by Gasteiger charge is 2.13. The van der Waals surface area contributed by atoms with E-state index in [1.807, 2.05) is 55.5 Å². The van der Waals surface area contributed by atoms with Crippen molar-refractivity contribution in [2.45, 2.75) is 19.9 Å². The summed E-state index contributed by atoms with van der Waals surface area (Å²) in [6.07, 6.45) is 2.00. The van der Waals surface area contributed by atoms with Crippen LogP contribution in [0, 0.1) is 6.92 Å². The average molecular weight is 493 g/mol. The number of hydrogen-bond donors (Lipinski definition) is 1. The summed E-state index contributed by atoms with van der Waals surface area (Å²) in [6, 6.07) is 17.7. The molecule has 1 fully saturated rings. The number of aromatic nitrogens is 1. The molecule has 1 saturated heterocycles. The van der Waals surface area contributed by atoms with Crippen LogP contribution in [0.1, 0.15) is 16.8 Å². The normalized spacial score (nSPS) is 14.6. The van der Waals surface area contributed by atoms with Gasteiger partial charge >= 0.3 is 0 Å². The standard InChI is InChI=1S/C28H33ClN4O2/c1-21-4-3-5-22(16-21)19-31-28(34)17-24-7-6-23(20-30-24)26-9-8-25(18-27(26)29)35-15-14-33-12-10-32(2)11-13-33/h3-9,16,18,20H,10-15,17,19H2,1-2H3,(H,31,34). The van der Waals surface area contributed by atoms with Crippen LogP contribution < -0.4 is 10.1 Å². The molecule has 0 radical (unpaired) electrons. The Hall–Kier alpha value is -2.93. The van der Waals surface area contributed by atoms with Gasteiger partial charge < -0.3 is 15.0 Å². The molecule has 0 spiro atoms. The number of hydrogen-bond acceptors (Lipinski definition) is 5. The fourth-order valence-corrected chi connectivity index (χ4v) is 4.40. The molecule has 1 aliphatic rings. The fraction of sp³-hybridized carbons (Fsp3) is 0.357. The van der Waals surface area contributed by atoms with Crippen molar-refractivity contribution in [2.75, 3.05) is 46.4 Å². The van der Waals surface area contributed by atoms with Gasteiger partial charge in [0.05, 0.1) is 11.4 Å². The average Bonchev–Trinajstić information content (AvgIpc) is 2.85. The first-order valence-corrected chi connectivity index (χ1v) is 12.4. The second kappa shape index (κ2) is 12.2. The smallest absolute Gasteiger partial charge is 0.226 e. The number of carbonyl (C=O) groups is 1. The number of ether oxygens (including phenoxy) is 1. The lowest BCUT2D eigenvalue weighted by Crippen LogP contribution is -2.45. The van der Waals surface area contributed by atoms with Crippen LogP contribution in [-0.4, -0.2) is 67.1 Å². The SMILES string of the molecule is Cc1cccc(CNC(=O)Cc2ccc(-c3ccc(OCCN4CCN(C)CC4)cc3Cl)cn2)c1. The van der Waals surface area contributed by atoms with E-state index in [-0.39, 0.29) is 12.3 Å². The van der Waals surface area contributed by atoms with Crippen molar-refractivity contribution < 1.29 is 9.53 Å². The fourth-order valence-electron chi connectivity index (χ4n) is 4.12. The van der Waals surface area contributed by atoms with Gasteiger partial charge in [-0.15, -0.1) is 0 Å². The first-order valence-electron chi connectivity index (χ1n) is 12.1. The molecule has 0 aliphatic carbocycles. The molecule has 4 rings (SSSR count). The van der Waals surface area contributed by atoms with E-state index in [2.05, 4.69) is 33.2 Å². The third-order valence-electron chi connectivity index (χ3n) is 6.26. The molecule has 1 aromatic heterocycles. The first-order chi connectivity index (χ1) is 17.0. The van der Waals surface area contributed by atoms with Crippen LogP contribution in [0.4, 0.5) is 0 Å². The summed E-state index contributed by atoms with van der Waals surface area (Å²) in [5.41, 5.74) is 4.78. The minimum absolute atomic E-state index is 0.0529. The van der Waals surface area contributed by atoms with Gasteiger partial charge in [-0.3, -0.25) is 14.7 Å². The minimum Gasteiger partial charge on any atom is -0.492 e. The Bertz CT molecular complexity index is 1130. The number of likely N-dealkylation sites (N-methyl/N-ethyl adjacent to an activating group) is 1. The number of halogens is 1. The molecule has 0 saturated carbocycles. The molecule has 6 nitrogen and oxygen atoms in total. The number of pyridine rings is 1. The Kier molecular flexibility index (Phi) is 8.74. The number of benzene rings is 2. The Morgan fingerprint density at radius 2 is 1.91 bits per heavy atom. The number of amides is 1. The van der Waals surface area contributed by atoms with E-state index in [1.54, 1.807) is 6.20 Å². The van der Waals surface area contributed by atoms with Gasteiger partial charge in [0, 0.05) is 62.3 Å². The van der Waals surface area contributed by atoms with Crippen LogP contribution in [0.5, 0.6) is 5.75 Å². The molecule has 184 valence electrons. The van der Waals surface area contributed by atoms with Gasteiger partial charge in [-0.25, -0.2) is 0 Å². The Labute approximate surface area is 212 Å². The van der Waals surface area contributed by atoms with Crippen molar-refractivity contribution in [3.8, 4) is 16.9 Å². The molecule has 1 amide bonds. The first kappa shape index (κ1) is 25.2. The topological polar surface area (TPSA) is 57.7 Å². The maximum Gasteiger partial charge on any atom is 0.226 e. The van der Waals surface area contributed by atoms with Gasteiger partial charge in [0.25, 0.3) is 0 Å². The second-order valence-electron chi connectivity index (χ2n) is 9.12. The number of aryl methyl sites for hydroxylation is 1. The zero-order chi connectivity index (χ0) is 24.6. The van der Waals surface area contributed by atoms with Crippen molar-refractivity contribution in [3.05, 3.63) is 82.6 Å². The summed E-state index contributed by atoms with van der Waals surface area (Å²) in [7, 11) is 2.16. The van der Waals surface area contributed by atoms with E-state index < -0.39 is 0 Å². The minimum atomic E-state index is -0.0529. The van der Waals surface area contributed by atoms with Gasteiger partial charge in [0.15, 0.2) is 0 Å². The lowest BCUT2D eigenvalue weighted by molar-refractivity contribution is -0.120. The Morgan fingerprint density at radius 3 is 2.63 bits per heavy atom. The quantitative estimate of drug-likeness (QED) is 0.485. The van der Waals surface area contributed by atoms with E-state index in [4.69, 9.17) is 16.3 Å². The molecule has 35 heavy (non-hydrogen) atoms. The van der Waals surface area contributed by atoms with Gasteiger partial charge in [-0.2, -0.15) is 0 Å². The van der Waals surface area contributed by atoms with E-state index in [0.717, 1.165) is 60.9 Å². The van der Waals surface area contributed by atoms with E-state index in [0.29, 0.717) is 18.2 Å². The monoisotopic (exact) mass is 492 g/mol. The van der Waals surface area contributed by atoms with Crippen LogP contribution in [0.3, 0.4) is 0 Å². The molecule has 0 bridgehead atoms. The summed E-state index contributed by atoms with van der Waals surface area (Å²) in [5, 5.41) is 3.57. The molecule has 0 atom stereocenters. The van der Waals surface area contributed by atoms with Crippen LogP contribution in [0.25, 0.3) is 11.1 Å². The van der Waals surface area contributed by atoms with E-state index in [1.165, 1.54) is 5.56 Å². The lowest BCUT2D eigenvalue weighted by atomic mass is 10.1. The summed E-state index contributed by atoms with van der Waals surface area (Å²) in [5.74, 6) is 0.714. The van der Waals surface area contributed by atoms with Gasteiger partial charge in [-0.05, 0) is 43.8 Å². The molecular weight excluding hydrogens is 460 g/mol. The number of carbonyl (C=O) groups excluding carboxylic acids is 1. The van der Waals surface area contributed by atoms with Gasteiger partial charge in [0.1, 0.15) is 12.4 Å². The predicted octanol–water partition coefficient (Wildman–Crippen LogP) is 4.20. The molecule has 0 unspecified atom stereocenters. The Morgan fingerprint density at radius 1 is 1.09 bits per heavy atom. The van der Waals surface area contributed by atoms with Gasteiger partial charge in [-0.1, -0.05) is 47.5 Å². The highest BCUT2D eigenvalue weighted by Crippen LogP contribution is 2.31. The predicted molar refractivity (Wildman–Crippen MR) is 141 cm³/mol. The highest BCUT2D eigenvalue weighted by molar-refractivity contribution is 6.33. The van der Waals surface area contributed by atoms with Crippen molar-refractivity contribution in [3.63, 3.8) is 0 Å². The molecule has 2 aromatic carbocycles. The number of piperazine rings is 1. The van der Waals surface area contributed by atoms with E-state index in [9.17, 15) is 4.79 Å².